The zero-order valence-electron chi connectivity index (χ0n) is 10.3. The monoisotopic (exact) mass is 229 g/mol. The van der Waals surface area contributed by atoms with Gasteiger partial charge in [-0.25, -0.2) is 0 Å². The molecule has 0 saturated carbocycles. The maximum Gasteiger partial charge on any atom is 0.226 e. The van der Waals surface area contributed by atoms with Gasteiger partial charge in [-0.2, -0.15) is 0 Å². The number of piperidine rings is 1. The number of carbonyl (C=O) groups excluding carboxylic acids is 1. The van der Waals surface area contributed by atoms with Crippen LogP contribution in [-0.2, 0) is 4.79 Å². The van der Waals surface area contributed by atoms with E-state index in [0.717, 1.165) is 12.8 Å². The van der Waals surface area contributed by atoms with E-state index in [1.807, 2.05) is 6.07 Å². The van der Waals surface area contributed by atoms with E-state index < -0.39 is 0 Å². The number of fused-ring (bicyclic) bond motifs is 1. The number of rotatable bonds is 1. The first-order chi connectivity index (χ1) is 8.27. The summed E-state index contributed by atoms with van der Waals surface area (Å²) in [6.07, 6.45) is 4.57. The van der Waals surface area contributed by atoms with E-state index in [1.54, 1.807) is 0 Å². The molecular formula is C15H19NO. The van der Waals surface area contributed by atoms with Gasteiger partial charge in [0.15, 0.2) is 0 Å². The molecular weight excluding hydrogens is 210 g/mol. The fourth-order valence-electron chi connectivity index (χ4n) is 3.32. The molecule has 1 aromatic rings. The van der Waals surface area contributed by atoms with Gasteiger partial charge in [0.2, 0.25) is 5.91 Å². The number of amides is 1. The first-order valence-corrected chi connectivity index (χ1v) is 6.64. The van der Waals surface area contributed by atoms with Crippen molar-refractivity contribution in [2.45, 2.75) is 44.7 Å². The quantitative estimate of drug-likeness (QED) is 0.724. The smallest absolute Gasteiger partial charge is 0.226 e. The van der Waals surface area contributed by atoms with Gasteiger partial charge in [-0.05, 0) is 31.2 Å². The number of carbonyl (C=O) groups is 1. The van der Waals surface area contributed by atoms with Crippen LogP contribution < -0.4 is 0 Å². The molecule has 0 N–H and O–H groups in total. The van der Waals surface area contributed by atoms with Gasteiger partial charge in [-0.15, -0.1) is 0 Å². The summed E-state index contributed by atoms with van der Waals surface area (Å²) in [6, 6.07) is 11.3. The van der Waals surface area contributed by atoms with Crippen molar-refractivity contribution in [2.75, 3.05) is 0 Å². The second kappa shape index (κ2) is 4.17. The van der Waals surface area contributed by atoms with Crippen LogP contribution in [0.5, 0.6) is 0 Å². The third-order valence-corrected chi connectivity index (χ3v) is 4.30. The van der Waals surface area contributed by atoms with Crippen molar-refractivity contribution in [1.29, 1.82) is 0 Å². The fraction of sp³-hybridized carbons (Fsp3) is 0.533. The molecule has 2 heterocycles. The van der Waals surface area contributed by atoms with Gasteiger partial charge in [-0.1, -0.05) is 37.3 Å². The van der Waals surface area contributed by atoms with Crippen molar-refractivity contribution in [3.05, 3.63) is 35.9 Å². The lowest BCUT2D eigenvalue weighted by Gasteiger charge is -2.37. The Morgan fingerprint density at radius 2 is 1.76 bits per heavy atom. The molecule has 2 saturated heterocycles. The first-order valence-electron chi connectivity index (χ1n) is 6.64. The number of benzene rings is 1. The highest BCUT2D eigenvalue weighted by Crippen LogP contribution is 2.41. The van der Waals surface area contributed by atoms with E-state index in [9.17, 15) is 4.79 Å². The van der Waals surface area contributed by atoms with Crippen LogP contribution in [0.4, 0.5) is 0 Å². The van der Waals surface area contributed by atoms with Crippen molar-refractivity contribution in [2.24, 2.45) is 5.92 Å². The van der Waals surface area contributed by atoms with Crippen LogP contribution >= 0.6 is 0 Å². The predicted molar refractivity (Wildman–Crippen MR) is 67.4 cm³/mol. The summed E-state index contributed by atoms with van der Waals surface area (Å²) in [5.41, 5.74) is 1.30. The van der Waals surface area contributed by atoms with Gasteiger partial charge in [0.1, 0.15) is 0 Å². The maximum absolute atomic E-state index is 12.3. The highest BCUT2D eigenvalue weighted by molar-refractivity contribution is 5.80. The number of nitrogens with zero attached hydrogens (tertiary/aromatic N) is 1. The zero-order chi connectivity index (χ0) is 11.8. The van der Waals surface area contributed by atoms with Crippen molar-refractivity contribution in [3.8, 4) is 0 Å². The van der Waals surface area contributed by atoms with Crippen molar-refractivity contribution >= 4 is 5.91 Å². The molecule has 2 aliphatic rings. The zero-order valence-corrected chi connectivity index (χ0v) is 10.3. The summed E-state index contributed by atoms with van der Waals surface area (Å²) in [6.45, 7) is 2.07. The molecule has 0 aromatic heterocycles. The van der Waals surface area contributed by atoms with Gasteiger partial charge in [0, 0.05) is 12.0 Å². The Morgan fingerprint density at radius 3 is 2.53 bits per heavy atom. The molecule has 0 radical (unpaired) electrons. The SMILES string of the molecule is CC1CCC2CCC(c3ccccc3)N2C1=O. The molecule has 1 aromatic carbocycles. The summed E-state index contributed by atoms with van der Waals surface area (Å²) in [4.78, 5) is 14.5. The topological polar surface area (TPSA) is 20.3 Å². The summed E-state index contributed by atoms with van der Waals surface area (Å²) >= 11 is 0. The molecule has 0 bridgehead atoms. The Morgan fingerprint density at radius 1 is 1.06 bits per heavy atom. The summed E-state index contributed by atoms with van der Waals surface area (Å²) in [5, 5.41) is 0. The minimum atomic E-state index is 0.218. The predicted octanol–water partition coefficient (Wildman–Crippen LogP) is 3.15. The minimum Gasteiger partial charge on any atom is -0.332 e. The average molecular weight is 229 g/mol. The molecule has 2 fully saturated rings. The van der Waals surface area contributed by atoms with Crippen molar-refractivity contribution < 1.29 is 4.79 Å². The van der Waals surface area contributed by atoms with Crippen LogP contribution in [0.15, 0.2) is 30.3 Å². The van der Waals surface area contributed by atoms with Crippen molar-refractivity contribution in [3.63, 3.8) is 0 Å². The molecule has 2 nitrogen and oxygen atoms in total. The summed E-state index contributed by atoms with van der Waals surface area (Å²) in [7, 11) is 0. The third kappa shape index (κ3) is 1.76. The standard InChI is InChI=1S/C15H19NO/c1-11-7-8-13-9-10-14(16(13)15(11)17)12-5-3-2-4-6-12/h2-6,11,13-14H,7-10H2,1H3. The lowest BCUT2D eigenvalue weighted by molar-refractivity contribution is -0.141. The van der Waals surface area contributed by atoms with E-state index >= 15 is 0 Å². The van der Waals surface area contributed by atoms with Crippen molar-refractivity contribution in [1.82, 2.24) is 4.90 Å². The van der Waals surface area contributed by atoms with Crippen LogP contribution in [0.1, 0.15) is 44.2 Å². The van der Waals surface area contributed by atoms with Gasteiger partial charge >= 0.3 is 0 Å². The Bertz CT molecular complexity index is 414. The molecule has 3 atom stereocenters. The van der Waals surface area contributed by atoms with E-state index in [2.05, 4.69) is 36.1 Å². The molecule has 1 amide bonds. The molecule has 2 aliphatic heterocycles. The van der Waals surface area contributed by atoms with Crippen LogP contribution in [0, 0.1) is 5.92 Å². The van der Waals surface area contributed by atoms with Crippen LogP contribution in [-0.4, -0.2) is 16.8 Å². The molecule has 2 heteroatoms. The summed E-state index contributed by atoms with van der Waals surface area (Å²) in [5.74, 6) is 0.586. The number of hydrogen-bond donors (Lipinski definition) is 0. The maximum atomic E-state index is 12.3. The van der Waals surface area contributed by atoms with E-state index in [1.165, 1.54) is 18.4 Å². The molecule has 0 spiro atoms. The van der Waals surface area contributed by atoms with Crippen LogP contribution in [0.2, 0.25) is 0 Å². The van der Waals surface area contributed by atoms with Gasteiger partial charge in [-0.3, -0.25) is 4.79 Å². The average Bonchev–Trinajstić information content (AvgIpc) is 2.79. The molecule has 0 aliphatic carbocycles. The molecule has 17 heavy (non-hydrogen) atoms. The highest BCUT2D eigenvalue weighted by atomic mass is 16.2. The minimum absolute atomic E-state index is 0.218. The second-order valence-electron chi connectivity index (χ2n) is 5.38. The van der Waals surface area contributed by atoms with Crippen LogP contribution in [0.25, 0.3) is 0 Å². The third-order valence-electron chi connectivity index (χ3n) is 4.30. The Balaban J connectivity index is 1.90. The summed E-state index contributed by atoms with van der Waals surface area (Å²) < 4.78 is 0. The largest absolute Gasteiger partial charge is 0.332 e. The molecule has 90 valence electrons. The van der Waals surface area contributed by atoms with E-state index in [-0.39, 0.29) is 5.92 Å². The Hall–Kier alpha value is -1.31. The van der Waals surface area contributed by atoms with E-state index in [0.29, 0.717) is 18.0 Å². The number of hydrogen-bond acceptors (Lipinski definition) is 1. The van der Waals surface area contributed by atoms with Crippen LogP contribution in [0.3, 0.4) is 0 Å². The lowest BCUT2D eigenvalue weighted by Crippen LogP contribution is -2.44. The first kappa shape index (κ1) is 10.8. The Kier molecular flexibility index (Phi) is 2.65. The fourth-order valence-corrected chi connectivity index (χ4v) is 3.32. The molecule has 3 unspecified atom stereocenters. The Labute approximate surface area is 103 Å². The highest BCUT2D eigenvalue weighted by Gasteiger charge is 2.41. The lowest BCUT2D eigenvalue weighted by atomic mass is 9.93. The second-order valence-corrected chi connectivity index (χ2v) is 5.38. The van der Waals surface area contributed by atoms with Gasteiger partial charge in [0.05, 0.1) is 6.04 Å². The van der Waals surface area contributed by atoms with E-state index in [4.69, 9.17) is 0 Å². The normalized spacial score (nSPS) is 32.6. The van der Waals surface area contributed by atoms with Gasteiger partial charge < -0.3 is 4.90 Å². The molecule has 3 rings (SSSR count). The van der Waals surface area contributed by atoms with Gasteiger partial charge in [0.25, 0.3) is 0 Å².